The van der Waals surface area contributed by atoms with Crippen LogP contribution in [-0.4, -0.2) is 4.98 Å². The molecule has 0 N–H and O–H groups in total. The van der Waals surface area contributed by atoms with Crippen molar-refractivity contribution < 1.29 is 13.2 Å². The van der Waals surface area contributed by atoms with Gasteiger partial charge in [0.15, 0.2) is 0 Å². The molecule has 68 valence electrons. The lowest BCUT2D eigenvalue weighted by molar-refractivity contribution is -0.138. The van der Waals surface area contributed by atoms with E-state index in [0.717, 1.165) is 6.20 Å². The van der Waals surface area contributed by atoms with E-state index in [-0.39, 0.29) is 16.9 Å². The summed E-state index contributed by atoms with van der Waals surface area (Å²) in [7, 11) is 0. The number of nitrogens with zero attached hydrogens (tertiary/aromatic N) is 1. The maximum absolute atomic E-state index is 12.0. The number of hydrogen-bond donors (Lipinski definition) is 0. The molecule has 1 aromatic rings. The third kappa shape index (κ3) is 2.64. The highest BCUT2D eigenvalue weighted by Crippen LogP contribution is 2.33. The molecule has 0 aliphatic carbocycles. The monoisotopic (exact) mass is 261 g/mol. The maximum atomic E-state index is 12.0. The smallest absolute Gasteiger partial charge is 0.264 e. The molecule has 1 heterocycles. The number of pyridine rings is 1. The highest BCUT2D eigenvalue weighted by Gasteiger charge is 2.32. The Morgan fingerprint density at radius 2 is 1.92 bits per heavy atom. The summed E-state index contributed by atoms with van der Waals surface area (Å²) in [5.74, 6) is 0. The molecular formula is C6H4BrClF3N. The lowest BCUT2D eigenvalue weighted by Gasteiger charge is -2.06. The first-order valence-corrected chi connectivity index (χ1v) is 3.48. The summed E-state index contributed by atoms with van der Waals surface area (Å²) < 4.78 is 36.0. The molecule has 6 heteroatoms. The second kappa shape index (κ2) is 4.09. The predicted molar refractivity (Wildman–Crippen MR) is 44.2 cm³/mol. The Kier molecular flexibility index (Phi) is 3.99. The van der Waals surface area contributed by atoms with E-state index in [0.29, 0.717) is 0 Å². The van der Waals surface area contributed by atoms with Crippen molar-refractivity contribution in [1.29, 1.82) is 0 Å². The van der Waals surface area contributed by atoms with Crippen LogP contribution < -0.4 is 0 Å². The van der Waals surface area contributed by atoms with Crippen molar-refractivity contribution in [2.45, 2.75) is 6.18 Å². The van der Waals surface area contributed by atoms with Gasteiger partial charge in [-0.05, 0) is 6.07 Å². The number of hydrogen-bond acceptors (Lipinski definition) is 1. The summed E-state index contributed by atoms with van der Waals surface area (Å²) in [5, 5.41) is 0. The standard InChI is InChI=1S/C6H3BrF3N.ClH/c7-5-1-2-11-3-4(5)6(8,9)10;/h1-3H;1H. The minimum Gasteiger partial charge on any atom is -0.264 e. The Labute approximate surface area is 81.5 Å². The van der Waals surface area contributed by atoms with Gasteiger partial charge in [-0.25, -0.2) is 0 Å². The van der Waals surface area contributed by atoms with Gasteiger partial charge in [-0.2, -0.15) is 13.2 Å². The minimum absolute atomic E-state index is 0. The third-order valence-electron chi connectivity index (χ3n) is 1.07. The third-order valence-corrected chi connectivity index (χ3v) is 1.76. The van der Waals surface area contributed by atoms with Crippen LogP contribution in [0.5, 0.6) is 0 Å². The van der Waals surface area contributed by atoms with Gasteiger partial charge >= 0.3 is 6.18 Å². The van der Waals surface area contributed by atoms with Crippen LogP contribution in [0.15, 0.2) is 22.9 Å². The van der Waals surface area contributed by atoms with E-state index in [9.17, 15) is 13.2 Å². The van der Waals surface area contributed by atoms with Gasteiger partial charge < -0.3 is 0 Å². The summed E-state index contributed by atoms with van der Waals surface area (Å²) in [4.78, 5) is 3.36. The Bertz CT molecular complexity index is 263. The molecule has 0 saturated carbocycles. The van der Waals surface area contributed by atoms with Gasteiger partial charge in [-0.15, -0.1) is 12.4 Å². The first-order valence-electron chi connectivity index (χ1n) is 2.68. The van der Waals surface area contributed by atoms with Crippen molar-refractivity contribution in [3.05, 3.63) is 28.5 Å². The van der Waals surface area contributed by atoms with E-state index in [4.69, 9.17) is 0 Å². The molecule has 0 radical (unpaired) electrons. The van der Waals surface area contributed by atoms with Gasteiger partial charge in [-0.3, -0.25) is 4.98 Å². The van der Waals surface area contributed by atoms with Gasteiger partial charge in [0.1, 0.15) is 0 Å². The first kappa shape index (κ1) is 11.7. The van der Waals surface area contributed by atoms with Crippen molar-refractivity contribution in [3.8, 4) is 0 Å². The van der Waals surface area contributed by atoms with Crippen molar-refractivity contribution in [2.24, 2.45) is 0 Å². The van der Waals surface area contributed by atoms with Crippen LogP contribution >= 0.6 is 28.3 Å². The summed E-state index contributed by atoms with van der Waals surface area (Å²) in [5.41, 5.74) is -0.750. The Balaban J connectivity index is 0.00000121. The molecule has 1 aromatic heterocycles. The van der Waals surface area contributed by atoms with Gasteiger partial charge in [0.05, 0.1) is 5.56 Å². The molecule has 0 bridgehead atoms. The van der Waals surface area contributed by atoms with E-state index in [1.807, 2.05) is 0 Å². The Hall–Kier alpha value is -0.290. The first-order chi connectivity index (χ1) is 5.02. The normalized spacial score (nSPS) is 10.7. The fourth-order valence-electron chi connectivity index (χ4n) is 0.586. The fourth-order valence-corrected chi connectivity index (χ4v) is 1.03. The number of rotatable bonds is 0. The lowest BCUT2D eigenvalue weighted by atomic mass is 10.3. The van der Waals surface area contributed by atoms with Gasteiger partial charge in [0, 0.05) is 16.9 Å². The van der Waals surface area contributed by atoms with E-state index >= 15 is 0 Å². The highest BCUT2D eigenvalue weighted by molar-refractivity contribution is 9.10. The van der Waals surface area contributed by atoms with Crippen LogP contribution in [0.1, 0.15) is 5.56 Å². The lowest BCUT2D eigenvalue weighted by Crippen LogP contribution is -2.05. The predicted octanol–water partition coefficient (Wildman–Crippen LogP) is 3.28. The number of alkyl halides is 3. The zero-order valence-corrected chi connectivity index (χ0v) is 8.00. The summed E-state index contributed by atoms with van der Waals surface area (Å²) in [6, 6.07) is 1.25. The molecule has 12 heavy (non-hydrogen) atoms. The Morgan fingerprint density at radius 3 is 2.25 bits per heavy atom. The summed E-state index contributed by atoms with van der Waals surface area (Å²) in [6.07, 6.45) is -2.25. The molecule has 0 spiro atoms. The Morgan fingerprint density at radius 1 is 1.33 bits per heavy atom. The number of aromatic nitrogens is 1. The van der Waals surface area contributed by atoms with Gasteiger partial charge in [0.25, 0.3) is 0 Å². The van der Waals surface area contributed by atoms with Crippen molar-refractivity contribution >= 4 is 28.3 Å². The second-order valence-corrected chi connectivity index (χ2v) is 2.71. The topological polar surface area (TPSA) is 12.9 Å². The van der Waals surface area contributed by atoms with E-state index in [1.54, 1.807) is 0 Å². The quantitative estimate of drug-likeness (QED) is 0.699. The van der Waals surface area contributed by atoms with Crippen LogP contribution in [0.3, 0.4) is 0 Å². The van der Waals surface area contributed by atoms with Crippen molar-refractivity contribution in [1.82, 2.24) is 4.98 Å². The van der Waals surface area contributed by atoms with E-state index in [1.165, 1.54) is 12.3 Å². The summed E-state index contributed by atoms with van der Waals surface area (Å²) in [6.45, 7) is 0. The zero-order chi connectivity index (χ0) is 8.48. The SMILES string of the molecule is Cl.FC(F)(F)c1cnccc1Br. The van der Waals surface area contributed by atoms with E-state index in [2.05, 4.69) is 20.9 Å². The largest absolute Gasteiger partial charge is 0.418 e. The maximum Gasteiger partial charge on any atom is 0.418 e. The minimum atomic E-state index is -4.33. The van der Waals surface area contributed by atoms with Crippen molar-refractivity contribution in [2.75, 3.05) is 0 Å². The van der Waals surface area contributed by atoms with Gasteiger partial charge in [-0.1, -0.05) is 15.9 Å². The zero-order valence-electron chi connectivity index (χ0n) is 5.60. The highest BCUT2D eigenvalue weighted by atomic mass is 79.9. The van der Waals surface area contributed by atoms with Crippen LogP contribution in [0.25, 0.3) is 0 Å². The fraction of sp³-hybridized carbons (Fsp3) is 0.167. The molecule has 0 saturated heterocycles. The van der Waals surface area contributed by atoms with Crippen LogP contribution in [0.2, 0.25) is 0 Å². The molecule has 1 rings (SSSR count). The van der Waals surface area contributed by atoms with Gasteiger partial charge in [0.2, 0.25) is 0 Å². The average molecular weight is 262 g/mol. The molecular weight excluding hydrogens is 258 g/mol. The molecule has 0 unspecified atom stereocenters. The molecule has 0 aliphatic rings. The molecule has 0 aromatic carbocycles. The van der Waals surface area contributed by atoms with Crippen LogP contribution in [0.4, 0.5) is 13.2 Å². The molecule has 1 nitrogen and oxygen atoms in total. The molecule has 0 aliphatic heterocycles. The average Bonchev–Trinajstić information content (AvgIpc) is 1.86. The van der Waals surface area contributed by atoms with Crippen molar-refractivity contribution in [3.63, 3.8) is 0 Å². The molecule has 0 amide bonds. The number of halogens is 5. The summed E-state index contributed by atoms with van der Waals surface area (Å²) >= 11 is 2.77. The van der Waals surface area contributed by atoms with Crippen LogP contribution in [0, 0.1) is 0 Å². The molecule has 0 fully saturated rings. The van der Waals surface area contributed by atoms with E-state index < -0.39 is 11.7 Å². The molecule has 0 atom stereocenters. The second-order valence-electron chi connectivity index (χ2n) is 1.85. The van der Waals surface area contributed by atoms with Crippen LogP contribution in [-0.2, 0) is 6.18 Å².